The van der Waals surface area contributed by atoms with E-state index in [2.05, 4.69) is 36.7 Å². The Morgan fingerprint density at radius 3 is 2.68 bits per heavy atom. The van der Waals surface area contributed by atoms with Crippen molar-refractivity contribution in [2.45, 2.75) is 59.5 Å². The largest absolute Gasteiger partial charge is 0.349 e. The van der Waals surface area contributed by atoms with Crippen molar-refractivity contribution in [1.82, 2.24) is 9.88 Å². The molecule has 2 aliphatic carbocycles. The van der Waals surface area contributed by atoms with Crippen LogP contribution in [0.3, 0.4) is 0 Å². The molecule has 1 aromatic heterocycles. The molecule has 3 atom stereocenters. The Bertz CT molecular complexity index is 446. The SMILES string of the molecule is CCn1c(C)cc(CNCC2CC3CCC2C3)c1C. The molecule has 19 heavy (non-hydrogen) atoms. The standard InChI is InChI=1S/C17H28N2/c1-4-19-12(2)7-16(13(19)3)10-18-11-17-9-14-5-6-15(17)8-14/h7,14-15,17-18H,4-6,8-11H2,1-3H3. The van der Waals surface area contributed by atoms with Crippen LogP contribution in [0.4, 0.5) is 0 Å². The molecule has 0 radical (unpaired) electrons. The number of nitrogens with one attached hydrogen (secondary N) is 1. The summed E-state index contributed by atoms with van der Waals surface area (Å²) in [5, 5.41) is 3.72. The van der Waals surface area contributed by atoms with Crippen molar-refractivity contribution in [2.24, 2.45) is 17.8 Å². The highest BCUT2D eigenvalue weighted by Crippen LogP contribution is 2.47. The van der Waals surface area contributed by atoms with Crippen LogP contribution in [0.15, 0.2) is 6.07 Å². The third-order valence-corrected chi connectivity index (χ3v) is 5.60. The van der Waals surface area contributed by atoms with Gasteiger partial charge in [0.05, 0.1) is 0 Å². The van der Waals surface area contributed by atoms with E-state index in [9.17, 15) is 0 Å². The summed E-state index contributed by atoms with van der Waals surface area (Å²) in [6.45, 7) is 10.1. The molecule has 0 amide bonds. The van der Waals surface area contributed by atoms with Crippen LogP contribution in [0.2, 0.25) is 0 Å². The van der Waals surface area contributed by atoms with Gasteiger partial charge in [-0.2, -0.15) is 0 Å². The Kier molecular flexibility index (Phi) is 3.70. The fraction of sp³-hybridized carbons (Fsp3) is 0.765. The molecule has 3 rings (SSSR count). The lowest BCUT2D eigenvalue weighted by Crippen LogP contribution is -2.26. The minimum Gasteiger partial charge on any atom is -0.349 e. The smallest absolute Gasteiger partial charge is 0.0223 e. The van der Waals surface area contributed by atoms with Gasteiger partial charge in [0, 0.05) is 24.5 Å². The lowest BCUT2D eigenvalue weighted by molar-refractivity contribution is 0.318. The Hall–Kier alpha value is -0.760. The molecule has 1 aromatic rings. The van der Waals surface area contributed by atoms with E-state index in [1.807, 2.05) is 0 Å². The van der Waals surface area contributed by atoms with Crippen molar-refractivity contribution < 1.29 is 0 Å². The van der Waals surface area contributed by atoms with Gasteiger partial charge in [-0.3, -0.25) is 0 Å². The topological polar surface area (TPSA) is 17.0 Å². The van der Waals surface area contributed by atoms with E-state index in [4.69, 9.17) is 0 Å². The van der Waals surface area contributed by atoms with Crippen molar-refractivity contribution in [2.75, 3.05) is 6.54 Å². The molecule has 2 saturated carbocycles. The average molecular weight is 260 g/mol. The fourth-order valence-corrected chi connectivity index (χ4v) is 4.56. The maximum atomic E-state index is 3.72. The molecule has 2 aliphatic rings. The molecular formula is C17H28N2. The number of aryl methyl sites for hydroxylation is 1. The fourth-order valence-electron chi connectivity index (χ4n) is 4.56. The molecule has 2 heteroatoms. The van der Waals surface area contributed by atoms with Gasteiger partial charge in [-0.25, -0.2) is 0 Å². The van der Waals surface area contributed by atoms with Gasteiger partial charge >= 0.3 is 0 Å². The first-order chi connectivity index (χ1) is 9.19. The first kappa shape index (κ1) is 13.2. The van der Waals surface area contributed by atoms with Crippen LogP contribution in [0.5, 0.6) is 0 Å². The van der Waals surface area contributed by atoms with Crippen molar-refractivity contribution in [1.29, 1.82) is 0 Å². The number of hydrogen-bond acceptors (Lipinski definition) is 1. The van der Waals surface area contributed by atoms with E-state index in [0.717, 1.165) is 30.8 Å². The molecule has 2 bridgehead atoms. The molecule has 3 unspecified atom stereocenters. The highest BCUT2D eigenvalue weighted by Gasteiger charge is 2.38. The maximum Gasteiger partial charge on any atom is 0.0223 e. The van der Waals surface area contributed by atoms with Crippen molar-refractivity contribution in [3.05, 3.63) is 23.0 Å². The molecule has 0 spiro atoms. The van der Waals surface area contributed by atoms with Crippen molar-refractivity contribution in [3.63, 3.8) is 0 Å². The molecule has 0 aliphatic heterocycles. The number of hydrogen-bond donors (Lipinski definition) is 1. The molecule has 0 aromatic carbocycles. The van der Waals surface area contributed by atoms with Crippen LogP contribution < -0.4 is 5.32 Å². The molecule has 1 N–H and O–H groups in total. The monoisotopic (exact) mass is 260 g/mol. The van der Waals surface area contributed by atoms with Gasteiger partial charge in [-0.1, -0.05) is 6.42 Å². The van der Waals surface area contributed by atoms with E-state index in [-0.39, 0.29) is 0 Å². The summed E-state index contributed by atoms with van der Waals surface area (Å²) in [7, 11) is 0. The quantitative estimate of drug-likeness (QED) is 0.855. The van der Waals surface area contributed by atoms with Crippen LogP contribution in [0.1, 0.15) is 49.6 Å². The summed E-state index contributed by atoms with van der Waals surface area (Å²) in [5.41, 5.74) is 4.33. The van der Waals surface area contributed by atoms with E-state index < -0.39 is 0 Å². The highest BCUT2D eigenvalue weighted by molar-refractivity contribution is 5.26. The van der Waals surface area contributed by atoms with Crippen LogP contribution in [0.25, 0.3) is 0 Å². The Balaban J connectivity index is 1.52. The zero-order valence-electron chi connectivity index (χ0n) is 12.7. The Morgan fingerprint density at radius 2 is 2.11 bits per heavy atom. The summed E-state index contributed by atoms with van der Waals surface area (Å²) in [6, 6.07) is 2.35. The third kappa shape index (κ3) is 2.47. The lowest BCUT2D eigenvalue weighted by Gasteiger charge is -2.21. The molecule has 1 heterocycles. The molecule has 106 valence electrons. The maximum absolute atomic E-state index is 3.72. The first-order valence-electron chi connectivity index (χ1n) is 8.05. The Labute approximate surface area is 117 Å². The van der Waals surface area contributed by atoms with Gasteiger partial charge in [0.25, 0.3) is 0 Å². The summed E-state index contributed by atoms with van der Waals surface area (Å²) < 4.78 is 2.41. The second-order valence-corrected chi connectivity index (χ2v) is 6.71. The van der Waals surface area contributed by atoms with Crippen LogP contribution in [-0.4, -0.2) is 11.1 Å². The Morgan fingerprint density at radius 1 is 1.26 bits per heavy atom. The second kappa shape index (κ2) is 5.32. The normalized spacial score (nSPS) is 29.3. The van der Waals surface area contributed by atoms with E-state index >= 15 is 0 Å². The van der Waals surface area contributed by atoms with Gasteiger partial charge < -0.3 is 9.88 Å². The predicted molar refractivity (Wildman–Crippen MR) is 80.2 cm³/mol. The van der Waals surface area contributed by atoms with Crippen LogP contribution in [0, 0.1) is 31.6 Å². The minimum atomic E-state index is 0.966. The van der Waals surface area contributed by atoms with E-state index in [1.165, 1.54) is 49.2 Å². The molecule has 0 saturated heterocycles. The average Bonchev–Trinajstić information content (AvgIpc) is 3.06. The first-order valence-corrected chi connectivity index (χ1v) is 8.05. The molecule has 2 nitrogen and oxygen atoms in total. The lowest BCUT2D eigenvalue weighted by atomic mass is 9.89. The van der Waals surface area contributed by atoms with Gasteiger partial charge in [-0.05, 0) is 76.0 Å². The number of nitrogens with zero attached hydrogens (tertiary/aromatic N) is 1. The minimum absolute atomic E-state index is 0.966. The second-order valence-electron chi connectivity index (χ2n) is 6.71. The van der Waals surface area contributed by atoms with Crippen LogP contribution >= 0.6 is 0 Å². The summed E-state index contributed by atoms with van der Waals surface area (Å²) in [4.78, 5) is 0. The summed E-state index contributed by atoms with van der Waals surface area (Å²) in [6.07, 6.45) is 6.03. The van der Waals surface area contributed by atoms with E-state index in [1.54, 1.807) is 0 Å². The van der Waals surface area contributed by atoms with Gasteiger partial charge in [0.2, 0.25) is 0 Å². The summed E-state index contributed by atoms with van der Waals surface area (Å²) >= 11 is 0. The highest BCUT2D eigenvalue weighted by atomic mass is 15.0. The zero-order chi connectivity index (χ0) is 13.4. The summed E-state index contributed by atoms with van der Waals surface area (Å²) in [5.74, 6) is 3.08. The van der Waals surface area contributed by atoms with Gasteiger partial charge in [-0.15, -0.1) is 0 Å². The van der Waals surface area contributed by atoms with Crippen molar-refractivity contribution in [3.8, 4) is 0 Å². The molecular weight excluding hydrogens is 232 g/mol. The third-order valence-electron chi connectivity index (χ3n) is 5.60. The van der Waals surface area contributed by atoms with Gasteiger partial charge in [0.15, 0.2) is 0 Å². The zero-order valence-corrected chi connectivity index (χ0v) is 12.7. The number of aromatic nitrogens is 1. The van der Waals surface area contributed by atoms with Gasteiger partial charge in [0.1, 0.15) is 0 Å². The van der Waals surface area contributed by atoms with E-state index in [0.29, 0.717) is 0 Å². The van der Waals surface area contributed by atoms with Crippen molar-refractivity contribution >= 4 is 0 Å². The number of rotatable bonds is 5. The number of fused-ring (bicyclic) bond motifs is 2. The van der Waals surface area contributed by atoms with Crippen LogP contribution in [-0.2, 0) is 13.1 Å². The predicted octanol–water partition coefficient (Wildman–Crippen LogP) is 3.65. The molecule has 2 fully saturated rings.